The average molecular weight is 244 g/mol. The van der Waals surface area contributed by atoms with Crippen molar-refractivity contribution in [1.29, 1.82) is 5.41 Å². The zero-order chi connectivity index (χ0) is 12.7. The number of hydrogen-bond donors (Lipinski definition) is 1. The fourth-order valence-corrected chi connectivity index (χ4v) is 2.18. The molecule has 2 aromatic rings. The molecule has 2 nitrogen and oxygen atoms in total. The van der Waals surface area contributed by atoms with Crippen LogP contribution in [0.5, 0.6) is 0 Å². The number of fused-ring (bicyclic) bond motifs is 1. The summed E-state index contributed by atoms with van der Waals surface area (Å²) in [7, 11) is 0. The van der Waals surface area contributed by atoms with Crippen molar-refractivity contribution in [1.82, 2.24) is 0 Å². The van der Waals surface area contributed by atoms with Gasteiger partial charge in [-0.05, 0) is 17.7 Å². The second-order valence-corrected chi connectivity index (χ2v) is 4.19. The zero-order valence-corrected chi connectivity index (χ0v) is 9.45. The maximum atomic E-state index is 13.7. The first-order valence-electron chi connectivity index (χ1n) is 5.56. The van der Waals surface area contributed by atoms with Crippen LogP contribution in [0.25, 0.3) is 0 Å². The molecule has 0 fully saturated rings. The Morgan fingerprint density at radius 3 is 2.61 bits per heavy atom. The van der Waals surface area contributed by atoms with Crippen LogP contribution >= 0.6 is 0 Å². The third kappa shape index (κ3) is 1.57. The number of nitrogens with zero attached hydrogens (tertiary/aromatic N) is 1. The summed E-state index contributed by atoms with van der Waals surface area (Å²) in [6.07, 6.45) is 0. The highest BCUT2D eigenvalue weighted by molar-refractivity contribution is 6.11. The Hall–Kier alpha value is -2.23. The lowest BCUT2D eigenvalue weighted by Crippen LogP contribution is -2.24. The van der Waals surface area contributed by atoms with Crippen molar-refractivity contribution in [2.75, 3.05) is 4.90 Å². The Morgan fingerprint density at radius 1 is 1.06 bits per heavy atom. The topological polar surface area (TPSA) is 27.1 Å². The monoisotopic (exact) mass is 244 g/mol. The number of rotatable bonds is 1. The maximum absolute atomic E-state index is 13.7. The van der Waals surface area contributed by atoms with Crippen molar-refractivity contribution < 1.29 is 8.78 Å². The predicted molar refractivity (Wildman–Crippen MR) is 65.8 cm³/mol. The molecule has 0 radical (unpaired) electrons. The van der Waals surface area contributed by atoms with Gasteiger partial charge >= 0.3 is 0 Å². The molecule has 1 aliphatic heterocycles. The molecule has 0 bridgehead atoms. The fourth-order valence-electron chi connectivity index (χ4n) is 2.18. The summed E-state index contributed by atoms with van der Waals surface area (Å²) in [5.41, 5.74) is 1.82. The van der Waals surface area contributed by atoms with E-state index in [4.69, 9.17) is 5.41 Å². The summed E-state index contributed by atoms with van der Waals surface area (Å²) in [5, 5.41) is 8.03. The number of benzene rings is 2. The molecule has 0 atom stereocenters. The molecule has 0 aliphatic carbocycles. The molecule has 0 spiro atoms. The third-order valence-corrected chi connectivity index (χ3v) is 3.07. The molecule has 4 heteroatoms. The first kappa shape index (κ1) is 10.9. The van der Waals surface area contributed by atoms with Crippen molar-refractivity contribution in [2.45, 2.75) is 6.54 Å². The van der Waals surface area contributed by atoms with E-state index in [2.05, 4.69) is 0 Å². The molecule has 0 amide bonds. The van der Waals surface area contributed by atoms with Crippen molar-refractivity contribution in [3.8, 4) is 0 Å². The second kappa shape index (κ2) is 3.91. The molecule has 1 aliphatic rings. The van der Waals surface area contributed by atoms with E-state index in [1.54, 1.807) is 0 Å². The molecule has 0 saturated heterocycles. The first-order valence-corrected chi connectivity index (χ1v) is 5.56. The van der Waals surface area contributed by atoms with Crippen LogP contribution < -0.4 is 4.90 Å². The molecule has 1 heterocycles. The Morgan fingerprint density at radius 2 is 1.83 bits per heavy atom. The van der Waals surface area contributed by atoms with Crippen LogP contribution in [0.2, 0.25) is 0 Å². The molecule has 90 valence electrons. The van der Waals surface area contributed by atoms with Crippen LogP contribution in [-0.2, 0) is 6.54 Å². The largest absolute Gasteiger partial charge is 0.319 e. The van der Waals surface area contributed by atoms with E-state index in [0.717, 1.165) is 29.3 Å². The Bertz CT molecular complexity index is 637. The van der Waals surface area contributed by atoms with E-state index in [1.165, 1.54) is 4.90 Å². The van der Waals surface area contributed by atoms with Gasteiger partial charge in [0, 0.05) is 11.6 Å². The Kier molecular flexibility index (Phi) is 2.37. The highest BCUT2D eigenvalue weighted by Gasteiger charge is 2.26. The SMILES string of the molecule is N=C1c2ccccc2CN1c1cc(F)ccc1F. The van der Waals surface area contributed by atoms with E-state index < -0.39 is 11.6 Å². The van der Waals surface area contributed by atoms with Gasteiger partial charge in [-0.15, -0.1) is 0 Å². The molecular formula is C14H10F2N2. The van der Waals surface area contributed by atoms with Crippen LogP contribution in [0.3, 0.4) is 0 Å². The van der Waals surface area contributed by atoms with Crippen LogP contribution in [0.1, 0.15) is 11.1 Å². The number of nitrogens with one attached hydrogen (secondary N) is 1. The first-order chi connectivity index (χ1) is 8.66. The Labute approximate surface area is 103 Å². The van der Waals surface area contributed by atoms with Crippen LogP contribution in [0.4, 0.5) is 14.5 Å². The summed E-state index contributed by atoms with van der Waals surface area (Å²) < 4.78 is 26.9. The van der Waals surface area contributed by atoms with Gasteiger partial charge in [0.25, 0.3) is 0 Å². The predicted octanol–water partition coefficient (Wildman–Crippen LogP) is 3.31. The van der Waals surface area contributed by atoms with Gasteiger partial charge in [-0.3, -0.25) is 5.41 Å². The van der Waals surface area contributed by atoms with Crippen molar-refractivity contribution in [3.05, 3.63) is 65.2 Å². The molecule has 0 unspecified atom stereocenters. The number of amidine groups is 1. The van der Waals surface area contributed by atoms with E-state index in [1.807, 2.05) is 24.3 Å². The lowest BCUT2D eigenvalue weighted by Gasteiger charge is -2.18. The Balaban J connectivity index is 2.06. The summed E-state index contributed by atoms with van der Waals surface area (Å²) in [4.78, 5) is 1.48. The van der Waals surface area contributed by atoms with Crippen molar-refractivity contribution >= 4 is 11.5 Å². The lowest BCUT2D eigenvalue weighted by atomic mass is 10.1. The van der Waals surface area contributed by atoms with Crippen molar-refractivity contribution in [2.24, 2.45) is 0 Å². The number of hydrogen-bond acceptors (Lipinski definition) is 1. The van der Waals surface area contributed by atoms with Gasteiger partial charge in [-0.2, -0.15) is 0 Å². The number of anilines is 1. The van der Waals surface area contributed by atoms with E-state index >= 15 is 0 Å². The van der Waals surface area contributed by atoms with Gasteiger partial charge in [-0.25, -0.2) is 8.78 Å². The van der Waals surface area contributed by atoms with Gasteiger partial charge in [0.2, 0.25) is 0 Å². The van der Waals surface area contributed by atoms with Gasteiger partial charge in [0.05, 0.1) is 12.2 Å². The normalized spacial score (nSPS) is 13.9. The highest BCUT2D eigenvalue weighted by atomic mass is 19.1. The zero-order valence-electron chi connectivity index (χ0n) is 9.45. The molecule has 2 aromatic carbocycles. The molecule has 1 N–H and O–H groups in total. The summed E-state index contributed by atoms with van der Waals surface area (Å²) in [6.45, 7) is 0.398. The van der Waals surface area contributed by atoms with Gasteiger partial charge in [0.1, 0.15) is 17.5 Å². The maximum Gasteiger partial charge on any atom is 0.147 e. The van der Waals surface area contributed by atoms with E-state index in [-0.39, 0.29) is 11.5 Å². The van der Waals surface area contributed by atoms with Gasteiger partial charge in [0.15, 0.2) is 0 Å². The standard InChI is InChI=1S/C14H10F2N2/c15-10-5-6-12(16)13(7-10)18-8-9-3-1-2-4-11(9)14(18)17/h1-7,17H,8H2. The summed E-state index contributed by atoms with van der Waals surface area (Å²) >= 11 is 0. The summed E-state index contributed by atoms with van der Waals surface area (Å²) in [6, 6.07) is 10.7. The average Bonchev–Trinajstić information content (AvgIpc) is 2.71. The highest BCUT2D eigenvalue weighted by Crippen LogP contribution is 2.30. The molecular weight excluding hydrogens is 234 g/mol. The number of halogens is 2. The molecule has 3 rings (SSSR count). The van der Waals surface area contributed by atoms with Crippen LogP contribution in [-0.4, -0.2) is 5.84 Å². The lowest BCUT2D eigenvalue weighted by molar-refractivity contribution is 0.599. The quantitative estimate of drug-likeness (QED) is 0.818. The molecule has 18 heavy (non-hydrogen) atoms. The minimum Gasteiger partial charge on any atom is -0.319 e. The summed E-state index contributed by atoms with van der Waals surface area (Å²) in [5.74, 6) is -0.820. The van der Waals surface area contributed by atoms with Crippen LogP contribution in [0.15, 0.2) is 42.5 Å². The van der Waals surface area contributed by atoms with E-state index in [9.17, 15) is 8.78 Å². The third-order valence-electron chi connectivity index (χ3n) is 3.07. The molecule has 0 saturated carbocycles. The second-order valence-electron chi connectivity index (χ2n) is 4.19. The van der Waals surface area contributed by atoms with E-state index in [0.29, 0.717) is 6.54 Å². The minimum atomic E-state index is -0.519. The minimum absolute atomic E-state index is 0.108. The van der Waals surface area contributed by atoms with Gasteiger partial charge in [-0.1, -0.05) is 24.3 Å². The van der Waals surface area contributed by atoms with Crippen LogP contribution in [0, 0.1) is 17.0 Å². The smallest absolute Gasteiger partial charge is 0.147 e. The van der Waals surface area contributed by atoms with Gasteiger partial charge < -0.3 is 4.90 Å². The van der Waals surface area contributed by atoms with Crippen molar-refractivity contribution in [3.63, 3.8) is 0 Å². The molecule has 0 aromatic heterocycles. The fraction of sp³-hybridized carbons (Fsp3) is 0.0714.